The van der Waals surface area contributed by atoms with E-state index in [9.17, 15) is 4.79 Å². The number of carboxylic acid groups (broad SMARTS) is 1. The normalized spacial score (nSPS) is 22.3. The molecule has 1 aliphatic heterocycles. The SMILES string of the molecule is CCc1ccc(C(C)N2CCCCC2CC(=O)O)s1. The molecule has 0 aliphatic carbocycles. The fourth-order valence-electron chi connectivity index (χ4n) is 2.93. The molecule has 1 aromatic heterocycles. The molecule has 2 atom stereocenters. The number of carbonyl (C=O) groups is 1. The van der Waals surface area contributed by atoms with Crippen LogP contribution in [0.4, 0.5) is 0 Å². The molecule has 1 fully saturated rings. The number of aliphatic carboxylic acids is 1. The van der Waals surface area contributed by atoms with E-state index in [1.54, 1.807) is 0 Å². The van der Waals surface area contributed by atoms with Crippen molar-refractivity contribution in [1.82, 2.24) is 4.90 Å². The van der Waals surface area contributed by atoms with Crippen LogP contribution in [0.3, 0.4) is 0 Å². The number of carboxylic acids is 1. The minimum Gasteiger partial charge on any atom is -0.481 e. The highest BCUT2D eigenvalue weighted by molar-refractivity contribution is 7.12. The van der Waals surface area contributed by atoms with Gasteiger partial charge in [-0.1, -0.05) is 13.3 Å². The zero-order chi connectivity index (χ0) is 13.8. The van der Waals surface area contributed by atoms with E-state index in [2.05, 4.69) is 30.9 Å². The highest BCUT2D eigenvalue weighted by Gasteiger charge is 2.29. The van der Waals surface area contributed by atoms with Crippen LogP contribution in [0.15, 0.2) is 12.1 Å². The summed E-state index contributed by atoms with van der Waals surface area (Å²) in [4.78, 5) is 16.2. The second kappa shape index (κ2) is 6.53. The molecule has 1 aromatic rings. The van der Waals surface area contributed by atoms with Crippen molar-refractivity contribution in [3.05, 3.63) is 21.9 Å². The lowest BCUT2D eigenvalue weighted by atomic mass is 9.97. The van der Waals surface area contributed by atoms with Crippen molar-refractivity contribution < 1.29 is 9.90 Å². The molecular weight excluding hydrogens is 258 g/mol. The summed E-state index contributed by atoms with van der Waals surface area (Å²) in [7, 11) is 0. The molecule has 0 radical (unpaired) electrons. The molecule has 19 heavy (non-hydrogen) atoms. The van der Waals surface area contributed by atoms with Gasteiger partial charge in [-0.25, -0.2) is 0 Å². The predicted molar refractivity (Wildman–Crippen MR) is 78.7 cm³/mol. The first kappa shape index (κ1) is 14.5. The summed E-state index contributed by atoms with van der Waals surface area (Å²) in [6, 6.07) is 4.95. The van der Waals surface area contributed by atoms with E-state index in [1.807, 2.05) is 11.3 Å². The van der Waals surface area contributed by atoms with Crippen molar-refractivity contribution in [2.24, 2.45) is 0 Å². The molecular formula is C15H23NO2S. The molecule has 3 nitrogen and oxygen atoms in total. The quantitative estimate of drug-likeness (QED) is 0.894. The maximum Gasteiger partial charge on any atom is 0.304 e. The first-order valence-corrected chi connectivity index (χ1v) is 7.99. The maximum absolute atomic E-state index is 11.0. The van der Waals surface area contributed by atoms with E-state index in [-0.39, 0.29) is 12.5 Å². The first-order chi connectivity index (χ1) is 9.11. The van der Waals surface area contributed by atoms with Gasteiger partial charge in [0.15, 0.2) is 0 Å². The van der Waals surface area contributed by atoms with Gasteiger partial charge in [-0.05, 0) is 44.9 Å². The molecule has 0 bridgehead atoms. The lowest BCUT2D eigenvalue weighted by Gasteiger charge is -2.39. The van der Waals surface area contributed by atoms with E-state index < -0.39 is 5.97 Å². The Bertz CT molecular complexity index is 430. The Kier molecular flexibility index (Phi) is 4.99. The maximum atomic E-state index is 11.0. The van der Waals surface area contributed by atoms with Crippen LogP contribution >= 0.6 is 11.3 Å². The van der Waals surface area contributed by atoms with Crippen molar-refractivity contribution in [2.75, 3.05) is 6.54 Å². The predicted octanol–water partition coefficient (Wildman–Crippen LogP) is 3.70. The number of aryl methyl sites for hydroxylation is 1. The summed E-state index contributed by atoms with van der Waals surface area (Å²) in [5, 5.41) is 9.05. The number of piperidine rings is 1. The van der Waals surface area contributed by atoms with Crippen molar-refractivity contribution in [3.63, 3.8) is 0 Å². The Labute approximate surface area is 119 Å². The van der Waals surface area contributed by atoms with Crippen molar-refractivity contribution in [3.8, 4) is 0 Å². The van der Waals surface area contributed by atoms with Crippen LogP contribution in [0.1, 0.15) is 55.3 Å². The van der Waals surface area contributed by atoms with Crippen LogP contribution in [-0.4, -0.2) is 28.6 Å². The Balaban J connectivity index is 2.09. The molecule has 0 amide bonds. The first-order valence-electron chi connectivity index (χ1n) is 7.18. The summed E-state index contributed by atoms with van der Waals surface area (Å²) < 4.78 is 0. The number of rotatable bonds is 5. The lowest BCUT2D eigenvalue weighted by molar-refractivity contribution is -0.139. The van der Waals surface area contributed by atoms with E-state index in [0.29, 0.717) is 6.04 Å². The molecule has 2 heterocycles. The third kappa shape index (κ3) is 3.57. The number of hydrogen-bond acceptors (Lipinski definition) is 3. The van der Waals surface area contributed by atoms with E-state index >= 15 is 0 Å². The van der Waals surface area contributed by atoms with Crippen LogP contribution in [-0.2, 0) is 11.2 Å². The van der Waals surface area contributed by atoms with Gasteiger partial charge in [-0.3, -0.25) is 9.69 Å². The van der Waals surface area contributed by atoms with Gasteiger partial charge in [-0.15, -0.1) is 11.3 Å². The van der Waals surface area contributed by atoms with E-state index in [1.165, 1.54) is 16.2 Å². The Morgan fingerprint density at radius 3 is 2.95 bits per heavy atom. The zero-order valence-corrected chi connectivity index (χ0v) is 12.6. The average molecular weight is 281 g/mol. The van der Waals surface area contributed by atoms with Gasteiger partial charge in [0.2, 0.25) is 0 Å². The van der Waals surface area contributed by atoms with Gasteiger partial charge in [0, 0.05) is 21.8 Å². The molecule has 2 unspecified atom stereocenters. The van der Waals surface area contributed by atoms with E-state index in [4.69, 9.17) is 5.11 Å². The minimum absolute atomic E-state index is 0.202. The fraction of sp³-hybridized carbons (Fsp3) is 0.667. The highest BCUT2D eigenvalue weighted by atomic mass is 32.1. The third-order valence-electron chi connectivity index (χ3n) is 4.02. The Morgan fingerprint density at radius 1 is 1.53 bits per heavy atom. The number of thiophene rings is 1. The summed E-state index contributed by atoms with van der Waals surface area (Å²) >= 11 is 1.87. The molecule has 106 valence electrons. The van der Waals surface area contributed by atoms with Crippen molar-refractivity contribution >= 4 is 17.3 Å². The van der Waals surface area contributed by atoms with Gasteiger partial charge < -0.3 is 5.11 Å². The smallest absolute Gasteiger partial charge is 0.304 e. The standard InChI is InChI=1S/C15H23NO2S/c1-3-13-7-8-14(19-13)11(2)16-9-5-4-6-12(16)10-15(17)18/h7-8,11-12H,3-6,9-10H2,1-2H3,(H,17,18). The second-order valence-corrected chi connectivity index (χ2v) is 6.52. The topological polar surface area (TPSA) is 40.5 Å². The number of nitrogens with zero attached hydrogens (tertiary/aromatic N) is 1. The van der Waals surface area contributed by atoms with Gasteiger partial charge in [-0.2, -0.15) is 0 Å². The summed E-state index contributed by atoms with van der Waals surface area (Å²) in [5.74, 6) is -0.676. The molecule has 1 aliphatic rings. The number of hydrogen-bond donors (Lipinski definition) is 1. The third-order valence-corrected chi connectivity index (χ3v) is 5.42. The Morgan fingerprint density at radius 2 is 2.32 bits per heavy atom. The average Bonchev–Trinajstić information content (AvgIpc) is 2.86. The summed E-state index contributed by atoms with van der Waals surface area (Å²) in [6.07, 6.45) is 4.72. The molecule has 0 aromatic carbocycles. The molecule has 1 N–H and O–H groups in total. The Hall–Kier alpha value is -0.870. The van der Waals surface area contributed by atoms with Crippen LogP contribution in [0.25, 0.3) is 0 Å². The molecule has 4 heteroatoms. The molecule has 0 spiro atoms. The highest BCUT2D eigenvalue weighted by Crippen LogP contribution is 2.33. The molecule has 2 rings (SSSR count). The zero-order valence-electron chi connectivity index (χ0n) is 11.8. The van der Waals surface area contributed by atoms with Gasteiger partial charge in [0.05, 0.1) is 6.42 Å². The van der Waals surface area contributed by atoms with Crippen LogP contribution in [0.2, 0.25) is 0 Å². The van der Waals surface area contributed by atoms with Crippen molar-refractivity contribution in [1.29, 1.82) is 0 Å². The van der Waals surface area contributed by atoms with Crippen LogP contribution in [0, 0.1) is 0 Å². The van der Waals surface area contributed by atoms with Crippen LogP contribution < -0.4 is 0 Å². The minimum atomic E-state index is -0.676. The largest absolute Gasteiger partial charge is 0.481 e. The van der Waals surface area contributed by atoms with Gasteiger partial charge in [0.1, 0.15) is 0 Å². The van der Waals surface area contributed by atoms with Gasteiger partial charge >= 0.3 is 5.97 Å². The number of likely N-dealkylation sites (tertiary alicyclic amines) is 1. The van der Waals surface area contributed by atoms with E-state index in [0.717, 1.165) is 25.8 Å². The monoisotopic (exact) mass is 281 g/mol. The van der Waals surface area contributed by atoms with Crippen molar-refractivity contribution in [2.45, 2.75) is 58.0 Å². The van der Waals surface area contributed by atoms with Crippen LogP contribution in [0.5, 0.6) is 0 Å². The molecule has 0 saturated carbocycles. The fourth-order valence-corrected chi connectivity index (χ4v) is 3.95. The lowest BCUT2D eigenvalue weighted by Crippen LogP contribution is -2.42. The second-order valence-electron chi connectivity index (χ2n) is 5.32. The molecule has 1 saturated heterocycles. The summed E-state index contributed by atoms with van der Waals surface area (Å²) in [5.41, 5.74) is 0. The van der Waals surface area contributed by atoms with Gasteiger partial charge in [0.25, 0.3) is 0 Å². The summed E-state index contributed by atoms with van der Waals surface area (Å²) in [6.45, 7) is 5.42.